The monoisotopic (exact) mass is 398 g/mol. The van der Waals surface area contributed by atoms with Gasteiger partial charge in [-0.25, -0.2) is 4.98 Å². The zero-order valence-corrected chi connectivity index (χ0v) is 15.0. The Morgan fingerprint density at radius 2 is 1.74 bits per heavy atom. The van der Waals surface area contributed by atoms with Crippen molar-refractivity contribution in [3.63, 3.8) is 0 Å². The van der Waals surface area contributed by atoms with Gasteiger partial charge in [0.2, 0.25) is 0 Å². The summed E-state index contributed by atoms with van der Waals surface area (Å²) in [6.07, 6.45) is -4.50. The maximum Gasteiger partial charge on any atom is 0.416 e. The number of carbonyl (C=O) groups excluding carboxylic acids is 2. The number of hydrogen-bond acceptors (Lipinski definition) is 5. The maximum absolute atomic E-state index is 12.8. The molecule has 0 unspecified atom stereocenters. The van der Waals surface area contributed by atoms with Crippen LogP contribution in [0.15, 0.2) is 29.6 Å². The van der Waals surface area contributed by atoms with Crippen LogP contribution in [0.3, 0.4) is 0 Å². The van der Waals surface area contributed by atoms with Crippen LogP contribution in [0.1, 0.15) is 31.4 Å². The summed E-state index contributed by atoms with van der Waals surface area (Å²) in [6, 6.07) is 4.35. The standard InChI is InChI=1S/C17H17F3N4O2S/c18-17(19,20)12-3-1-2-11(8-12)15(25)23-4-6-24(7-5-23)16(26)13-10-27-14(9-21)22-13/h1-3,8,10H,4-7,9,21H2. The van der Waals surface area contributed by atoms with Crippen LogP contribution in [0.25, 0.3) is 0 Å². The van der Waals surface area contributed by atoms with Crippen LogP contribution in [-0.2, 0) is 12.7 Å². The van der Waals surface area contributed by atoms with E-state index in [1.165, 1.54) is 28.4 Å². The van der Waals surface area contributed by atoms with Crippen LogP contribution in [0, 0.1) is 0 Å². The second-order valence-corrected chi connectivity index (χ2v) is 6.94. The number of rotatable bonds is 3. The second kappa shape index (κ2) is 7.65. The molecule has 0 bridgehead atoms. The Hall–Kier alpha value is -2.46. The molecule has 1 aliphatic rings. The minimum atomic E-state index is -4.50. The lowest BCUT2D eigenvalue weighted by molar-refractivity contribution is -0.137. The molecule has 0 atom stereocenters. The zero-order chi connectivity index (χ0) is 19.6. The number of alkyl halides is 3. The van der Waals surface area contributed by atoms with E-state index in [-0.39, 0.29) is 31.1 Å². The van der Waals surface area contributed by atoms with Crippen LogP contribution in [0.2, 0.25) is 0 Å². The molecule has 10 heteroatoms. The summed E-state index contributed by atoms with van der Waals surface area (Å²) in [7, 11) is 0. The van der Waals surface area contributed by atoms with E-state index < -0.39 is 17.6 Å². The number of thiazole rings is 1. The third-order valence-corrected chi connectivity index (χ3v) is 5.11. The Bertz CT molecular complexity index is 845. The lowest BCUT2D eigenvalue weighted by Crippen LogP contribution is -2.50. The lowest BCUT2D eigenvalue weighted by Gasteiger charge is -2.34. The fourth-order valence-electron chi connectivity index (χ4n) is 2.79. The Morgan fingerprint density at radius 3 is 2.30 bits per heavy atom. The maximum atomic E-state index is 12.8. The highest BCUT2D eigenvalue weighted by Crippen LogP contribution is 2.29. The van der Waals surface area contributed by atoms with Crippen molar-refractivity contribution >= 4 is 23.2 Å². The van der Waals surface area contributed by atoms with E-state index in [1.54, 1.807) is 10.3 Å². The molecule has 144 valence electrons. The molecule has 27 heavy (non-hydrogen) atoms. The van der Waals surface area contributed by atoms with Gasteiger partial charge in [0.05, 0.1) is 5.56 Å². The first-order valence-electron chi connectivity index (χ1n) is 8.20. The summed E-state index contributed by atoms with van der Waals surface area (Å²) in [6.45, 7) is 1.33. The summed E-state index contributed by atoms with van der Waals surface area (Å²) in [5.41, 5.74) is 4.94. The van der Waals surface area contributed by atoms with E-state index in [9.17, 15) is 22.8 Å². The topological polar surface area (TPSA) is 79.5 Å². The first kappa shape index (κ1) is 19.3. The molecule has 6 nitrogen and oxygen atoms in total. The van der Waals surface area contributed by atoms with Crippen LogP contribution in [0.4, 0.5) is 13.2 Å². The van der Waals surface area contributed by atoms with E-state index in [1.807, 2.05) is 0 Å². The highest BCUT2D eigenvalue weighted by Gasteiger charge is 2.32. The normalized spacial score (nSPS) is 15.1. The summed E-state index contributed by atoms with van der Waals surface area (Å²) in [5.74, 6) is -0.718. The summed E-state index contributed by atoms with van der Waals surface area (Å²) >= 11 is 1.31. The lowest BCUT2D eigenvalue weighted by atomic mass is 10.1. The van der Waals surface area contributed by atoms with Gasteiger partial charge in [0.25, 0.3) is 11.8 Å². The average Bonchev–Trinajstić information content (AvgIpc) is 3.16. The summed E-state index contributed by atoms with van der Waals surface area (Å²) < 4.78 is 38.5. The summed E-state index contributed by atoms with van der Waals surface area (Å²) in [4.78, 5) is 32.1. The fraction of sp³-hybridized carbons (Fsp3) is 0.353. The Kier molecular flexibility index (Phi) is 5.47. The molecular weight excluding hydrogens is 381 g/mol. The van der Waals surface area contributed by atoms with Crippen molar-refractivity contribution < 1.29 is 22.8 Å². The Morgan fingerprint density at radius 1 is 1.11 bits per heavy atom. The fourth-order valence-corrected chi connectivity index (χ4v) is 3.44. The molecule has 2 aromatic rings. The van der Waals surface area contributed by atoms with Gasteiger partial charge in [-0.1, -0.05) is 6.07 Å². The molecule has 2 amide bonds. The highest BCUT2D eigenvalue weighted by atomic mass is 32.1. The number of amides is 2. The van der Waals surface area contributed by atoms with Crippen molar-refractivity contribution in [2.24, 2.45) is 5.73 Å². The van der Waals surface area contributed by atoms with Crippen molar-refractivity contribution in [2.45, 2.75) is 12.7 Å². The van der Waals surface area contributed by atoms with Crippen LogP contribution < -0.4 is 5.73 Å². The minimum absolute atomic E-state index is 0.0170. The molecule has 0 aliphatic carbocycles. The van der Waals surface area contributed by atoms with Crippen molar-refractivity contribution in [2.75, 3.05) is 26.2 Å². The first-order chi connectivity index (χ1) is 12.8. The molecule has 1 aromatic carbocycles. The largest absolute Gasteiger partial charge is 0.416 e. The summed E-state index contributed by atoms with van der Waals surface area (Å²) in [5, 5.41) is 2.31. The number of benzene rings is 1. The number of carbonyl (C=O) groups is 2. The second-order valence-electron chi connectivity index (χ2n) is 5.99. The molecule has 0 spiro atoms. The number of hydrogen-bond donors (Lipinski definition) is 1. The van der Waals surface area contributed by atoms with Gasteiger partial charge in [-0.2, -0.15) is 13.2 Å². The molecular formula is C17H17F3N4O2S. The van der Waals surface area contributed by atoms with Gasteiger partial charge < -0.3 is 15.5 Å². The quantitative estimate of drug-likeness (QED) is 0.860. The molecule has 2 N–H and O–H groups in total. The third kappa shape index (κ3) is 4.28. The number of nitrogens with two attached hydrogens (primary N) is 1. The van der Waals surface area contributed by atoms with E-state index in [0.29, 0.717) is 23.8 Å². The van der Waals surface area contributed by atoms with Gasteiger partial charge in [-0.3, -0.25) is 9.59 Å². The number of piperazine rings is 1. The molecule has 3 rings (SSSR count). The minimum Gasteiger partial charge on any atom is -0.335 e. The zero-order valence-electron chi connectivity index (χ0n) is 14.2. The predicted octanol–water partition coefficient (Wildman–Crippen LogP) is 2.22. The van der Waals surface area contributed by atoms with Crippen molar-refractivity contribution in [3.05, 3.63) is 51.5 Å². The first-order valence-corrected chi connectivity index (χ1v) is 9.08. The van der Waals surface area contributed by atoms with Gasteiger partial charge in [0.1, 0.15) is 10.7 Å². The molecule has 0 radical (unpaired) electrons. The van der Waals surface area contributed by atoms with Crippen LogP contribution >= 0.6 is 11.3 Å². The smallest absolute Gasteiger partial charge is 0.335 e. The Labute approximate surface area is 157 Å². The molecule has 2 heterocycles. The van der Waals surface area contributed by atoms with Crippen molar-refractivity contribution in [3.8, 4) is 0 Å². The van der Waals surface area contributed by atoms with E-state index in [4.69, 9.17) is 5.73 Å². The molecule has 1 fully saturated rings. The van der Waals surface area contributed by atoms with Gasteiger partial charge in [0.15, 0.2) is 0 Å². The Balaban J connectivity index is 1.63. The van der Waals surface area contributed by atoms with E-state index >= 15 is 0 Å². The van der Waals surface area contributed by atoms with Crippen molar-refractivity contribution in [1.29, 1.82) is 0 Å². The highest BCUT2D eigenvalue weighted by molar-refractivity contribution is 7.09. The van der Waals surface area contributed by atoms with Crippen molar-refractivity contribution in [1.82, 2.24) is 14.8 Å². The SMILES string of the molecule is NCc1nc(C(=O)N2CCN(C(=O)c3cccc(C(F)(F)F)c3)CC2)cs1. The van der Waals surface area contributed by atoms with E-state index in [0.717, 1.165) is 12.1 Å². The molecule has 1 aromatic heterocycles. The van der Waals surface area contributed by atoms with Gasteiger partial charge in [-0.05, 0) is 18.2 Å². The molecule has 1 saturated heterocycles. The predicted molar refractivity (Wildman–Crippen MR) is 93.3 cm³/mol. The number of nitrogens with zero attached hydrogens (tertiary/aromatic N) is 3. The third-order valence-electron chi connectivity index (χ3n) is 4.24. The van der Waals surface area contributed by atoms with Crippen LogP contribution in [0.5, 0.6) is 0 Å². The molecule has 1 aliphatic heterocycles. The average molecular weight is 398 g/mol. The van der Waals surface area contributed by atoms with Gasteiger partial charge >= 0.3 is 6.18 Å². The molecule has 0 saturated carbocycles. The number of halogens is 3. The van der Waals surface area contributed by atoms with E-state index in [2.05, 4.69) is 4.98 Å². The van der Waals surface area contributed by atoms with Gasteiger partial charge in [-0.15, -0.1) is 11.3 Å². The van der Waals surface area contributed by atoms with Crippen LogP contribution in [-0.4, -0.2) is 52.8 Å². The number of aromatic nitrogens is 1. The van der Waals surface area contributed by atoms with Gasteiger partial charge in [0, 0.05) is 43.7 Å².